The first-order valence-corrected chi connectivity index (χ1v) is 7.43. The summed E-state index contributed by atoms with van der Waals surface area (Å²) in [6.45, 7) is 3.29. The number of carbonyl (C=O) groups is 2. The molecule has 1 heterocycles. The summed E-state index contributed by atoms with van der Waals surface area (Å²) in [6, 6.07) is 5.18. The lowest BCUT2D eigenvalue weighted by Crippen LogP contribution is -2.41. The second kappa shape index (κ2) is 5.57. The van der Waals surface area contributed by atoms with Crippen molar-refractivity contribution in [3.05, 3.63) is 23.2 Å². The summed E-state index contributed by atoms with van der Waals surface area (Å²) >= 11 is 7.23. The Hall–Kier alpha value is -1.73. The van der Waals surface area contributed by atoms with Crippen LogP contribution in [0, 0.1) is 0 Å². The van der Waals surface area contributed by atoms with Gasteiger partial charge in [0.05, 0.1) is 21.8 Å². The molecule has 0 saturated heterocycles. The van der Waals surface area contributed by atoms with Gasteiger partial charge in [0.1, 0.15) is 5.54 Å². The summed E-state index contributed by atoms with van der Waals surface area (Å²) in [5.41, 5.74) is 5.54. The second-order valence-electron chi connectivity index (χ2n) is 4.94. The average Bonchev–Trinajstić information content (AvgIpc) is 2.76. The van der Waals surface area contributed by atoms with Crippen LogP contribution >= 0.6 is 23.4 Å². The van der Waals surface area contributed by atoms with Gasteiger partial charge in [-0.1, -0.05) is 29.4 Å². The Morgan fingerprint density at radius 3 is 2.71 bits per heavy atom. The van der Waals surface area contributed by atoms with Crippen LogP contribution in [0.4, 0.5) is 0 Å². The zero-order chi connectivity index (χ0) is 15.8. The number of nitrogens with zero attached hydrogens (tertiary/aromatic N) is 2. The van der Waals surface area contributed by atoms with Crippen LogP contribution in [-0.2, 0) is 15.1 Å². The maximum Gasteiger partial charge on any atom is 0.313 e. The molecule has 0 saturated carbocycles. The molecule has 0 spiro atoms. The maximum absolute atomic E-state index is 11.8. The highest BCUT2D eigenvalue weighted by Gasteiger charge is 2.32. The molecule has 0 bridgehead atoms. The molecule has 21 heavy (non-hydrogen) atoms. The van der Waals surface area contributed by atoms with Crippen LogP contribution in [0.3, 0.4) is 0 Å². The number of thioether (sulfide) groups is 1. The Labute approximate surface area is 130 Å². The third-order valence-corrected chi connectivity index (χ3v) is 4.31. The SMILES string of the molecule is CC(C)(C(N)=O)n1c(SCC(=O)O)nc2cccc(Cl)c21. The number of nitrogens with two attached hydrogens (primary N) is 1. The van der Waals surface area contributed by atoms with Crippen molar-refractivity contribution in [3.63, 3.8) is 0 Å². The van der Waals surface area contributed by atoms with E-state index in [0.717, 1.165) is 11.8 Å². The molecule has 0 fully saturated rings. The summed E-state index contributed by atoms with van der Waals surface area (Å²) in [5.74, 6) is -1.70. The van der Waals surface area contributed by atoms with E-state index >= 15 is 0 Å². The minimum Gasteiger partial charge on any atom is -0.481 e. The number of benzene rings is 1. The van der Waals surface area contributed by atoms with E-state index in [0.29, 0.717) is 21.2 Å². The fourth-order valence-electron chi connectivity index (χ4n) is 1.92. The van der Waals surface area contributed by atoms with Crippen molar-refractivity contribution in [1.29, 1.82) is 0 Å². The largest absolute Gasteiger partial charge is 0.481 e. The number of amides is 1. The van der Waals surface area contributed by atoms with E-state index < -0.39 is 17.4 Å². The molecular weight excluding hydrogens is 314 g/mol. The number of fused-ring (bicyclic) bond motifs is 1. The van der Waals surface area contributed by atoms with Crippen LogP contribution in [0.5, 0.6) is 0 Å². The highest BCUT2D eigenvalue weighted by molar-refractivity contribution is 7.99. The number of imidazole rings is 1. The Kier molecular flexibility index (Phi) is 4.15. The monoisotopic (exact) mass is 327 g/mol. The molecule has 1 amide bonds. The van der Waals surface area contributed by atoms with Crippen LogP contribution in [0.1, 0.15) is 13.8 Å². The van der Waals surface area contributed by atoms with E-state index in [4.69, 9.17) is 22.4 Å². The number of carboxylic acid groups (broad SMARTS) is 1. The van der Waals surface area contributed by atoms with E-state index in [1.807, 2.05) is 0 Å². The fraction of sp³-hybridized carbons (Fsp3) is 0.308. The van der Waals surface area contributed by atoms with E-state index in [2.05, 4.69) is 4.98 Å². The Morgan fingerprint density at radius 1 is 1.48 bits per heavy atom. The summed E-state index contributed by atoms with van der Waals surface area (Å²) in [4.78, 5) is 26.9. The number of primary amides is 1. The number of aromatic nitrogens is 2. The van der Waals surface area contributed by atoms with Gasteiger partial charge in [-0.05, 0) is 26.0 Å². The molecule has 3 N–H and O–H groups in total. The van der Waals surface area contributed by atoms with Crippen molar-refractivity contribution in [2.24, 2.45) is 5.73 Å². The van der Waals surface area contributed by atoms with Gasteiger partial charge >= 0.3 is 5.97 Å². The van der Waals surface area contributed by atoms with Crippen LogP contribution in [0.25, 0.3) is 11.0 Å². The van der Waals surface area contributed by atoms with Gasteiger partial charge in [0, 0.05) is 0 Å². The van der Waals surface area contributed by atoms with Crippen LogP contribution in [0.15, 0.2) is 23.4 Å². The van der Waals surface area contributed by atoms with Crippen LogP contribution in [0.2, 0.25) is 5.02 Å². The molecule has 0 unspecified atom stereocenters. The first-order valence-electron chi connectivity index (χ1n) is 6.07. The molecule has 2 aromatic rings. The number of carbonyl (C=O) groups excluding carboxylic acids is 1. The van der Waals surface area contributed by atoms with Gasteiger partial charge in [-0.2, -0.15) is 0 Å². The third-order valence-electron chi connectivity index (χ3n) is 3.08. The smallest absolute Gasteiger partial charge is 0.313 e. The molecule has 0 atom stereocenters. The predicted molar refractivity (Wildman–Crippen MR) is 81.6 cm³/mol. The second-order valence-corrected chi connectivity index (χ2v) is 6.29. The lowest BCUT2D eigenvalue weighted by Gasteiger charge is -2.25. The Morgan fingerprint density at radius 2 is 2.14 bits per heavy atom. The Balaban J connectivity index is 2.70. The molecule has 1 aromatic carbocycles. The van der Waals surface area contributed by atoms with Crippen molar-refractivity contribution in [3.8, 4) is 0 Å². The number of rotatable bonds is 5. The highest BCUT2D eigenvalue weighted by atomic mass is 35.5. The molecule has 0 aliphatic rings. The zero-order valence-corrected chi connectivity index (χ0v) is 13.0. The molecular formula is C13H14ClN3O3S. The zero-order valence-electron chi connectivity index (χ0n) is 11.5. The third kappa shape index (κ3) is 2.84. The van der Waals surface area contributed by atoms with Crippen molar-refractivity contribution >= 4 is 46.3 Å². The topological polar surface area (TPSA) is 98.2 Å². The minimum atomic E-state index is -1.08. The van der Waals surface area contributed by atoms with Crippen molar-refractivity contribution in [2.75, 3.05) is 5.75 Å². The number of aliphatic carboxylic acids is 1. The van der Waals surface area contributed by atoms with Crippen LogP contribution < -0.4 is 5.73 Å². The summed E-state index contributed by atoms with van der Waals surface area (Å²) in [7, 11) is 0. The molecule has 0 radical (unpaired) electrons. The number of hydrogen-bond acceptors (Lipinski definition) is 4. The normalized spacial score (nSPS) is 11.8. The number of hydrogen-bond donors (Lipinski definition) is 2. The minimum absolute atomic E-state index is 0.171. The van der Waals surface area contributed by atoms with Crippen molar-refractivity contribution < 1.29 is 14.7 Å². The Bertz CT molecular complexity index is 727. The quantitative estimate of drug-likeness (QED) is 0.819. The predicted octanol–water partition coefficient (Wildman–Crippen LogP) is 2.09. The standard InChI is InChI=1S/C13H14ClN3O3S/c1-13(2,11(15)20)17-10-7(14)4-3-5-8(10)16-12(17)21-6-9(18)19/h3-5H,6H2,1-2H3,(H2,15,20)(H,18,19). The van der Waals surface area contributed by atoms with E-state index in [1.54, 1.807) is 36.6 Å². The first-order chi connectivity index (χ1) is 9.75. The van der Waals surface area contributed by atoms with Gasteiger partial charge in [0.2, 0.25) is 5.91 Å². The lowest BCUT2D eigenvalue weighted by atomic mass is 10.0. The highest BCUT2D eigenvalue weighted by Crippen LogP contribution is 2.34. The molecule has 2 rings (SSSR count). The number of carboxylic acids is 1. The lowest BCUT2D eigenvalue weighted by molar-refractivity contribution is -0.133. The summed E-state index contributed by atoms with van der Waals surface area (Å²) in [5, 5.41) is 9.65. The number of para-hydroxylation sites is 1. The molecule has 0 aliphatic heterocycles. The number of halogens is 1. The summed E-state index contributed by atoms with van der Waals surface area (Å²) in [6.07, 6.45) is 0. The van der Waals surface area contributed by atoms with E-state index in [-0.39, 0.29) is 5.75 Å². The summed E-state index contributed by atoms with van der Waals surface area (Å²) < 4.78 is 1.60. The van der Waals surface area contributed by atoms with E-state index in [1.165, 1.54) is 0 Å². The van der Waals surface area contributed by atoms with E-state index in [9.17, 15) is 9.59 Å². The van der Waals surface area contributed by atoms with Gasteiger partial charge in [-0.15, -0.1) is 0 Å². The van der Waals surface area contributed by atoms with Gasteiger partial charge in [-0.3, -0.25) is 9.59 Å². The molecule has 8 heteroatoms. The van der Waals surface area contributed by atoms with Crippen LogP contribution in [-0.4, -0.2) is 32.3 Å². The van der Waals surface area contributed by atoms with Gasteiger partial charge in [-0.25, -0.2) is 4.98 Å². The van der Waals surface area contributed by atoms with Gasteiger partial charge in [0.15, 0.2) is 5.16 Å². The molecule has 0 aliphatic carbocycles. The van der Waals surface area contributed by atoms with Crippen molar-refractivity contribution in [1.82, 2.24) is 9.55 Å². The maximum atomic E-state index is 11.8. The molecule has 6 nitrogen and oxygen atoms in total. The molecule has 112 valence electrons. The first kappa shape index (κ1) is 15.7. The van der Waals surface area contributed by atoms with Gasteiger partial charge in [0.25, 0.3) is 0 Å². The van der Waals surface area contributed by atoms with Gasteiger partial charge < -0.3 is 15.4 Å². The molecule has 1 aromatic heterocycles. The fourth-order valence-corrected chi connectivity index (χ4v) is 3.03. The average molecular weight is 328 g/mol. The van der Waals surface area contributed by atoms with Crippen molar-refractivity contribution in [2.45, 2.75) is 24.5 Å².